The Hall–Kier alpha value is -2.12. The Morgan fingerprint density at radius 1 is 1.19 bits per heavy atom. The predicted octanol–water partition coefficient (Wildman–Crippen LogP) is 1.51. The van der Waals surface area contributed by atoms with E-state index in [2.05, 4.69) is 0 Å². The van der Waals surface area contributed by atoms with Crippen molar-refractivity contribution in [2.75, 3.05) is 7.05 Å². The Morgan fingerprint density at radius 3 is 2.33 bits per heavy atom. The minimum Gasteiger partial charge on any atom is -0.455 e. The number of benzene rings is 1. The highest BCUT2D eigenvalue weighted by Crippen LogP contribution is 2.18. The third-order valence-electron chi connectivity index (χ3n) is 3.01. The minimum atomic E-state index is -3.61. The van der Waals surface area contributed by atoms with Gasteiger partial charge in [-0.15, -0.1) is 0 Å². The van der Waals surface area contributed by atoms with E-state index in [4.69, 9.17) is 10.2 Å². The van der Waals surface area contributed by atoms with Crippen LogP contribution in [0.25, 0.3) is 0 Å². The van der Waals surface area contributed by atoms with Gasteiger partial charge >= 0.3 is 0 Å². The van der Waals surface area contributed by atoms with Crippen LogP contribution in [0.15, 0.2) is 45.7 Å². The maximum Gasteiger partial charge on any atom is 0.284 e. The molecular formula is C14H16N2O4S. The number of hydrogen-bond donors (Lipinski definition) is 1. The molecular weight excluding hydrogens is 292 g/mol. The van der Waals surface area contributed by atoms with Gasteiger partial charge in [0.2, 0.25) is 10.0 Å². The molecule has 112 valence electrons. The Kier molecular flexibility index (Phi) is 4.15. The lowest BCUT2D eigenvalue weighted by Gasteiger charge is -2.16. The molecule has 0 radical (unpaired) electrons. The number of aryl methyl sites for hydroxylation is 1. The zero-order valence-corrected chi connectivity index (χ0v) is 12.6. The summed E-state index contributed by atoms with van der Waals surface area (Å²) in [5, 5.41) is 0. The molecule has 1 aromatic heterocycles. The van der Waals surface area contributed by atoms with Crippen LogP contribution in [-0.4, -0.2) is 25.7 Å². The smallest absolute Gasteiger partial charge is 0.284 e. The Morgan fingerprint density at radius 2 is 1.81 bits per heavy atom. The van der Waals surface area contributed by atoms with Gasteiger partial charge in [-0.1, -0.05) is 17.7 Å². The highest BCUT2D eigenvalue weighted by molar-refractivity contribution is 7.89. The van der Waals surface area contributed by atoms with Crippen LogP contribution in [0.3, 0.4) is 0 Å². The monoisotopic (exact) mass is 308 g/mol. The number of carbonyl (C=O) groups excluding carboxylic acids is 1. The standard InChI is InChI=1S/C14H16N2O4S/c1-10-3-6-12(7-4-10)21(18,19)16(2)9-11-5-8-13(20-11)14(15)17/h3-8H,9H2,1-2H3,(H2,15,17). The maximum atomic E-state index is 12.4. The lowest BCUT2D eigenvalue weighted by Crippen LogP contribution is -2.26. The van der Waals surface area contributed by atoms with Crippen molar-refractivity contribution in [2.45, 2.75) is 18.4 Å². The van der Waals surface area contributed by atoms with Gasteiger partial charge in [-0.3, -0.25) is 4.79 Å². The second-order valence-corrected chi connectivity index (χ2v) is 6.75. The molecule has 1 heterocycles. The van der Waals surface area contributed by atoms with Gasteiger partial charge in [0.25, 0.3) is 5.91 Å². The summed E-state index contributed by atoms with van der Waals surface area (Å²) in [6.45, 7) is 1.90. The molecule has 0 spiro atoms. The van der Waals surface area contributed by atoms with Crippen LogP contribution in [0, 0.1) is 6.92 Å². The van der Waals surface area contributed by atoms with E-state index >= 15 is 0 Å². The largest absolute Gasteiger partial charge is 0.455 e. The maximum absolute atomic E-state index is 12.4. The summed E-state index contributed by atoms with van der Waals surface area (Å²) in [4.78, 5) is 11.2. The fraction of sp³-hybridized carbons (Fsp3) is 0.214. The number of nitrogens with zero attached hydrogens (tertiary/aromatic N) is 1. The highest BCUT2D eigenvalue weighted by atomic mass is 32.2. The first-order valence-corrected chi connectivity index (χ1v) is 7.66. The van der Waals surface area contributed by atoms with Crippen LogP contribution in [-0.2, 0) is 16.6 Å². The van der Waals surface area contributed by atoms with Crippen molar-refractivity contribution < 1.29 is 17.6 Å². The van der Waals surface area contributed by atoms with Gasteiger partial charge in [0, 0.05) is 7.05 Å². The lowest BCUT2D eigenvalue weighted by molar-refractivity contribution is 0.0971. The fourth-order valence-electron chi connectivity index (χ4n) is 1.79. The number of sulfonamides is 1. The van der Waals surface area contributed by atoms with E-state index in [9.17, 15) is 13.2 Å². The molecule has 2 N–H and O–H groups in total. The van der Waals surface area contributed by atoms with Gasteiger partial charge in [-0.05, 0) is 31.2 Å². The van der Waals surface area contributed by atoms with Gasteiger partial charge in [-0.2, -0.15) is 4.31 Å². The molecule has 0 aliphatic heterocycles. The van der Waals surface area contributed by atoms with Crippen molar-refractivity contribution in [1.29, 1.82) is 0 Å². The predicted molar refractivity (Wildman–Crippen MR) is 77.1 cm³/mol. The van der Waals surface area contributed by atoms with Crippen molar-refractivity contribution in [3.05, 3.63) is 53.5 Å². The minimum absolute atomic E-state index is 0.00568. The van der Waals surface area contributed by atoms with Gasteiger partial charge in [0.05, 0.1) is 11.4 Å². The summed E-state index contributed by atoms with van der Waals surface area (Å²) >= 11 is 0. The molecule has 2 aromatic rings. The third kappa shape index (κ3) is 3.32. The van der Waals surface area contributed by atoms with Crippen LogP contribution >= 0.6 is 0 Å². The van der Waals surface area contributed by atoms with Crippen LogP contribution in [0.4, 0.5) is 0 Å². The molecule has 0 unspecified atom stereocenters. The SMILES string of the molecule is Cc1ccc(S(=O)(=O)N(C)Cc2ccc(C(N)=O)o2)cc1. The first kappa shape index (κ1) is 15.3. The number of nitrogens with two attached hydrogens (primary N) is 1. The summed E-state index contributed by atoms with van der Waals surface area (Å²) < 4.78 is 31.1. The molecule has 0 saturated heterocycles. The number of hydrogen-bond acceptors (Lipinski definition) is 4. The first-order valence-electron chi connectivity index (χ1n) is 6.22. The molecule has 7 heteroatoms. The van der Waals surface area contributed by atoms with E-state index in [0.29, 0.717) is 5.76 Å². The second kappa shape index (κ2) is 5.71. The molecule has 0 aliphatic rings. The zero-order valence-electron chi connectivity index (χ0n) is 11.7. The summed E-state index contributed by atoms with van der Waals surface area (Å²) in [6, 6.07) is 9.53. The summed E-state index contributed by atoms with van der Waals surface area (Å²) in [7, 11) is -2.16. The van der Waals surface area contributed by atoms with Crippen molar-refractivity contribution >= 4 is 15.9 Å². The van der Waals surface area contributed by atoms with Crippen molar-refractivity contribution in [3.8, 4) is 0 Å². The van der Waals surface area contributed by atoms with E-state index in [1.54, 1.807) is 24.3 Å². The van der Waals surface area contributed by atoms with Crippen molar-refractivity contribution in [1.82, 2.24) is 4.31 Å². The molecule has 0 bridgehead atoms. The molecule has 0 aliphatic carbocycles. The second-order valence-electron chi connectivity index (χ2n) is 4.70. The van der Waals surface area contributed by atoms with Gasteiger partial charge in [-0.25, -0.2) is 8.42 Å². The molecule has 0 atom stereocenters. The number of rotatable bonds is 5. The van der Waals surface area contributed by atoms with Crippen LogP contribution < -0.4 is 5.73 Å². The molecule has 0 saturated carbocycles. The van der Waals surface area contributed by atoms with Gasteiger partial charge < -0.3 is 10.2 Å². The molecule has 0 fully saturated rings. The molecule has 1 amide bonds. The third-order valence-corrected chi connectivity index (χ3v) is 4.83. The number of carbonyl (C=O) groups is 1. The molecule has 1 aromatic carbocycles. The van der Waals surface area contributed by atoms with E-state index in [0.717, 1.165) is 9.87 Å². The highest BCUT2D eigenvalue weighted by Gasteiger charge is 2.22. The number of amides is 1. The van der Waals surface area contributed by atoms with E-state index in [-0.39, 0.29) is 17.2 Å². The fourth-order valence-corrected chi connectivity index (χ4v) is 2.93. The van der Waals surface area contributed by atoms with E-state index in [1.165, 1.54) is 19.2 Å². The first-order chi connectivity index (χ1) is 9.80. The van der Waals surface area contributed by atoms with Crippen molar-refractivity contribution in [3.63, 3.8) is 0 Å². The average Bonchev–Trinajstić information content (AvgIpc) is 2.88. The average molecular weight is 308 g/mol. The summed E-state index contributed by atoms with van der Waals surface area (Å²) in [6.07, 6.45) is 0. The van der Waals surface area contributed by atoms with Crippen LogP contribution in [0.1, 0.15) is 21.9 Å². The van der Waals surface area contributed by atoms with Crippen molar-refractivity contribution in [2.24, 2.45) is 5.73 Å². The van der Waals surface area contributed by atoms with E-state index in [1.807, 2.05) is 6.92 Å². The van der Waals surface area contributed by atoms with E-state index < -0.39 is 15.9 Å². The quantitative estimate of drug-likeness (QED) is 0.906. The van der Waals surface area contributed by atoms with Gasteiger partial charge in [0.1, 0.15) is 5.76 Å². The Balaban J connectivity index is 2.19. The number of furan rings is 1. The van der Waals surface area contributed by atoms with Crippen LogP contribution in [0.2, 0.25) is 0 Å². The normalized spacial score (nSPS) is 11.8. The molecule has 21 heavy (non-hydrogen) atoms. The summed E-state index contributed by atoms with van der Waals surface area (Å²) in [5.41, 5.74) is 6.06. The zero-order chi connectivity index (χ0) is 15.6. The number of primary amides is 1. The Labute approximate surface area is 123 Å². The lowest BCUT2D eigenvalue weighted by atomic mass is 10.2. The Bertz CT molecular complexity index is 748. The topological polar surface area (TPSA) is 93.6 Å². The summed E-state index contributed by atoms with van der Waals surface area (Å²) in [5.74, 6) is -0.335. The van der Waals surface area contributed by atoms with Gasteiger partial charge in [0.15, 0.2) is 5.76 Å². The molecule has 2 rings (SSSR count). The molecule has 6 nitrogen and oxygen atoms in total. The van der Waals surface area contributed by atoms with Crippen LogP contribution in [0.5, 0.6) is 0 Å².